The van der Waals surface area contributed by atoms with Gasteiger partial charge in [0.25, 0.3) is 0 Å². The highest BCUT2D eigenvalue weighted by atomic mass is 15.2. The standard InChI is InChI=1S/C18H30N2/c1-4-18(14-19,12-16-8-6-5-7-9-16)20-11-10-17(13-20)15(2)3/h5-9,15,17H,4,10-14,19H2,1-3H3. The van der Waals surface area contributed by atoms with Gasteiger partial charge in [0.2, 0.25) is 0 Å². The summed E-state index contributed by atoms with van der Waals surface area (Å²) in [7, 11) is 0. The molecule has 20 heavy (non-hydrogen) atoms. The van der Waals surface area contributed by atoms with Crippen LogP contribution in [0.25, 0.3) is 0 Å². The van der Waals surface area contributed by atoms with Gasteiger partial charge in [0.05, 0.1) is 0 Å². The Balaban J connectivity index is 2.13. The molecule has 2 heteroatoms. The van der Waals surface area contributed by atoms with E-state index in [0.717, 1.165) is 31.2 Å². The van der Waals surface area contributed by atoms with Gasteiger partial charge in [-0.3, -0.25) is 4.90 Å². The van der Waals surface area contributed by atoms with Crippen molar-refractivity contribution in [3.05, 3.63) is 35.9 Å². The molecule has 1 saturated heterocycles. The van der Waals surface area contributed by atoms with E-state index in [2.05, 4.69) is 56.0 Å². The van der Waals surface area contributed by atoms with Gasteiger partial charge in [0.1, 0.15) is 0 Å². The Morgan fingerprint density at radius 3 is 2.50 bits per heavy atom. The lowest BCUT2D eigenvalue weighted by Gasteiger charge is -2.41. The summed E-state index contributed by atoms with van der Waals surface area (Å²) in [5, 5.41) is 0. The van der Waals surface area contributed by atoms with Crippen molar-refractivity contribution in [3.63, 3.8) is 0 Å². The van der Waals surface area contributed by atoms with Gasteiger partial charge in [-0.15, -0.1) is 0 Å². The molecule has 1 aromatic rings. The summed E-state index contributed by atoms with van der Waals surface area (Å²) in [6.45, 7) is 10.2. The fourth-order valence-corrected chi connectivity index (χ4v) is 3.54. The minimum atomic E-state index is 0.144. The zero-order valence-electron chi connectivity index (χ0n) is 13.3. The quantitative estimate of drug-likeness (QED) is 0.862. The minimum absolute atomic E-state index is 0.144. The van der Waals surface area contributed by atoms with Crippen molar-refractivity contribution in [2.24, 2.45) is 17.6 Å². The molecule has 0 aromatic heterocycles. The Morgan fingerprint density at radius 1 is 1.30 bits per heavy atom. The Kier molecular flexibility index (Phi) is 5.22. The van der Waals surface area contributed by atoms with E-state index in [-0.39, 0.29) is 5.54 Å². The molecule has 0 amide bonds. The van der Waals surface area contributed by atoms with Crippen molar-refractivity contribution in [2.45, 2.75) is 45.6 Å². The Bertz CT molecular complexity index is 395. The first-order chi connectivity index (χ1) is 9.61. The zero-order chi connectivity index (χ0) is 14.6. The van der Waals surface area contributed by atoms with Crippen LogP contribution in [0.3, 0.4) is 0 Å². The van der Waals surface area contributed by atoms with E-state index in [0.29, 0.717) is 0 Å². The van der Waals surface area contributed by atoms with Crippen LogP contribution in [-0.4, -0.2) is 30.1 Å². The largest absolute Gasteiger partial charge is 0.329 e. The van der Waals surface area contributed by atoms with Crippen LogP contribution in [0.15, 0.2) is 30.3 Å². The molecule has 0 spiro atoms. The molecule has 0 aliphatic carbocycles. The van der Waals surface area contributed by atoms with Gasteiger partial charge < -0.3 is 5.73 Å². The van der Waals surface area contributed by atoms with Gasteiger partial charge >= 0.3 is 0 Å². The highest BCUT2D eigenvalue weighted by molar-refractivity contribution is 5.18. The molecule has 0 saturated carbocycles. The third kappa shape index (κ3) is 3.24. The SMILES string of the molecule is CCC(CN)(Cc1ccccc1)N1CCC(C(C)C)C1. The molecule has 2 nitrogen and oxygen atoms in total. The van der Waals surface area contributed by atoms with Crippen molar-refractivity contribution in [1.29, 1.82) is 0 Å². The fraction of sp³-hybridized carbons (Fsp3) is 0.667. The van der Waals surface area contributed by atoms with E-state index < -0.39 is 0 Å². The van der Waals surface area contributed by atoms with Crippen LogP contribution >= 0.6 is 0 Å². The predicted molar refractivity (Wildman–Crippen MR) is 86.7 cm³/mol. The van der Waals surface area contributed by atoms with Crippen LogP contribution in [0, 0.1) is 11.8 Å². The zero-order valence-corrected chi connectivity index (χ0v) is 13.3. The molecule has 2 unspecified atom stereocenters. The van der Waals surface area contributed by atoms with E-state index in [1.807, 2.05) is 0 Å². The van der Waals surface area contributed by atoms with E-state index in [4.69, 9.17) is 5.73 Å². The number of nitrogens with zero attached hydrogens (tertiary/aromatic N) is 1. The molecule has 2 N–H and O–H groups in total. The maximum Gasteiger partial charge on any atom is 0.0369 e. The molecule has 0 radical (unpaired) electrons. The molecular formula is C18H30N2. The first kappa shape index (κ1) is 15.5. The lowest BCUT2D eigenvalue weighted by Crippen LogP contribution is -2.54. The van der Waals surface area contributed by atoms with Gasteiger partial charge in [-0.05, 0) is 43.2 Å². The van der Waals surface area contributed by atoms with Crippen LogP contribution in [0.1, 0.15) is 39.2 Å². The van der Waals surface area contributed by atoms with Crippen LogP contribution < -0.4 is 5.73 Å². The van der Waals surface area contributed by atoms with Gasteiger partial charge in [-0.25, -0.2) is 0 Å². The first-order valence-corrected chi connectivity index (χ1v) is 8.10. The van der Waals surface area contributed by atoms with Gasteiger partial charge in [0.15, 0.2) is 0 Å². The van der Waals surface area contributed by atoms with Crippen molar-refractivity contribution < 1.29 is 0 Å². The van der Waals surface area contributed by atoms with Crippen molar-refractivity contribution in [3.8, 4) is 0 Å². The molecular weight excluding hydrogens is 244 g/mol. The Hall–Kier alpha value is -0.860. The van der Waals surface area contributed by atoms with Crippen LogP contribution in [0.5, 0.6) is 0 Å². The maximum absolute atomic E-state index is 6.23. The average molecular weight is 274 g/mol. The summed E-state index contributed by atoms with van der Waals surface area (Å²) in [6.07, 6.45) is 3.53. The van der Waals surface area contributed by atoms with Crippen LogP contribution in [0.4, 0.5) is 0 Å². The molecule has 1 fully saturated rings. The first-order valence-electron chi connectivity index (χ1n) is 8.10. The van der Waals surface area contributed by atoms with E-state index in [1.54, 1.807) is 0 Å². The van der Waals surface area contributed by atoms with Gasteiger partial charge in [-0.2, -0.15) is 0 Å². The second kappa shape index (κ2) is 6.73. The summed E-state index contributed by atoms with van der Waals surface area (Å²) in [5.41, 5.74) is 7.78. The summed E-state index contributed by atoms with van der Waals surface area (Å²) >= 11 is 0. The molecule has 2 rings (SSSR count). The fourth-order valence-electron chi connectivity index (χ4n) is 3.54. The summed E-state index contributed by atoms with van der Waals surface area (Å²) in [4.78, 5) is 2.67. The smallest absolute Gasteiger partial charge is 0.0369 e. The van der Waals surface area contributed by atoms with Crippen LogP contribution in [-0.2, 0) is 6.42 Å². The van der Waals surface area contributed by atoms with E-state index in [9.17, 15) is 0 Å². The number of hydrogen-bond acceptors (Lipinski definition) is 2. The van der Waals surface area contributed by atoms with Crippen molar-refractivity contribution in [1.82, 2.24) is 4.90 Å². The number of likely N-dealkylation sites (tertiary alicyclic amines) is 1. The molecule has 0 bridgehead atoms. The normalized spacial score (nSPS) is 23.1. The second-order valence-corrected chi connectivity index (χ2v) is 6.68. The van der Waals surface area contributed by atoms with E-state index in [1.165, 1.54) is 25.1 Å². The van der Waals surface area contributed by atoms with Crippen LogP contribution in [0.2, 0.25) is 0 Å². The minimum Gasteiger partial charge on any atom is -0.329 e. The maximum atomic E-state index is 6.23. The second-order valence-electron chi connectivity index (χ2n) is 6.68. The highest BCUT2D eigenvalue weighted by Gasteiger charge is 2.38. The van der Waals surface area contributed by atoms with Crippen molar-refractivity contribution >= 4 is 0 Å². The Labute approximate surface area is 124 Å². The lowest BCUT2D eigenvalue weighted by atomic mass is 9.86. The molecule has 1 aliphatic heterocycles. The topological polar surface area (TPSA) is 29.3 Å². The third-order valence-corrected chi connectivity index (χ3v) is 5.25. The van der Waals surface area contributed by atoms with Gasteiger partial charge in [0, 0.05) is 18.6 Å². The number of benzene rings is 1. The number of nitrogens with two attached hydrogens (primary N) is 1. The summed E-state index contributed by atoms with van der Waals surface area (Å²) in [6, 6.07) is 10.8. The van der Waals surface area contributed by atoms with Crippen molar-refractivity contribution in [2.75, 3.05) is 19.6 Å². The molecule has 112 valence electrons. The molecule has 1 heterocycles. The Morgan fingerprint density at radius 2 is 2.00 bits per heavy atom. The third-order valence-electron chi connectivity index (χ3n) is 5.25. The van der Waals surface area contributed by atoms with E-state index >= 15 is 0 Å². The number of rotatable bonds is 6. The molecule has 2 atom stereocenters. The monoisotopic (exact) mass is 274 g/mol. The average Bonchev–Trinajstić information content (AvgIpc) is 2.96. The summed E-state index contributed by atoms with van der Waals surface area (Å²) in [5.74, 6) is 1.62. The van der Waals surface area contributed by atoms with Gasteiger partial charge in [-0.1, -0.05) is 51.1 Å². The summed E-state index contributed by atoms with van der Waals surface area (Å²) < 4.78 is 0. The molecule has 1 aliphatic rings. The molecule has 1 aromatic carbocycles. The predicted octanol–water partition coefficient (Wildman–Crippen LogP) is 3.31. The lowest BCUT2D eigenvalue weighted by molar-refractivity contribution is 0.110. The highest BCUT2D eigenvalue weighted by Crippen LogP contribution is 2.32. The number of hydrogen-bond donors (Lipinski definition) is 1.